The van der Waals surface area contributed by atoms with E-state index in [1.54, 1.807) is 0 Å². The number of carbonyl (C=O) groups is 1. The van der Waals surface area contributed by atoms with Gasteiger partial charge >= 0.3 is 6.09 Å². The van der Waals surface area contributed by atoms with Crippen LogP contribution in [-0.4, -0.2) is 41.7 Å². The van der Waals surface area contributed by atoms with Gasteiger partial charge in [0.2, 0.25) is 0 Å². The molecule has 0 radical (unpaired) electrons. The van der Waals surface area contributed by atoms with Crippen LogP contribution < -0.4 is 5.32 Å². The van der Waals surface area contributed by atoms with E-state index < -0.39 is 0 Å². The van der Waals surface area contributed by atoms with Crippen molar-refractivity contribution in [2.75, 3.05) is 25.0 Å². The van der Waals surface area contributed by atoms with E-state index in [2.05, 4.69) is 15.2 Å². The number of ether oxygens (including phenoxy) is 1. The van der Waals surface area contributed by atoms with Crippen LogP contribution in [0.3, 0.4) is 0 Å². The number of nitrogens with one attached hydrogen (secondary N) is 1. The Bertz CT molecular complexity index is 723. The molecule has 3 aliphatic heterocycles. The van der Waals surface area contributed by atoms with Gasteiger partial charge in [0.1, 0.15) is 16.8 Å². The maximum Gasteiger partial charge on any atom is 0.412 e. The van der Waals surface area contributed by atoms with Gasteiger partial charge in [0.05, 0.1) is 5.01 Å². The highest BCUT2D eigenvalue weighted by Gasteiger charge is 2.36. The summed E-state index contributed by atoms with van der Waals surface area (Å²) in [6.07, 6.45) is 1.91. The highest BCUT2D eigenvalue weighted by atomic mass is 32.1. The van der Waals surface area contributed by atoms with Crippen LogP contribution in [0.2, 0.25) is 0 Å². The van der Waals surface area contributed by atoms with E-state index >= 15 is 0 Å². The molecule has 24 heavy (non-hydrogen) atoms. The van der Waals surface area contributed by atoms with Gasteiger partial charge in [-0.2, -0.15) is 0 Å². The predicted molar refractivity (Wildman–Crippen MR) is 95.3 cm³/mol. The molecule has 1 atom stereocenters. The first-order valence-corrected chi connectivity index (χ1v) is 9.23. The Morgan fingerprint density at radius 1 is 1.29 bits per heavy atom. The first kappa shape index (κ1) is 15.6. The summed E-state index contributed by atoms with van der Waals surface area (Å²) in [4.78, 5) is 19.3. The van der Waals surface area contributed by atoms with E-state index in [0.29, 0.717) is 5.92 Å². The van der Waals surface area contributed by atoms with Crippen molar-refractivity contribution < 1.29 is 9.53 Å². The van der Waals surface area contributed by atoms with Crippen LogP contribution in [0.15, 0.2) is 30.3 Å². The van der Waals surface area contributed by atoms with Gasteiger partial charge in [0.15, 0.2) is 0 Å². The third-order valence-electron chi connectivity index (χ3n) is 4.85. The zero-order chi connectivity index (χ0) is 16.5. The first-order chi connectivity index (χ1) is 11.7. The van der Waals surface area contributed by atoms with Crippen molar-refractivity contribution in [1.82, 2.24) is 9.88 Å². The van der Waals surface area contributed by atoms with Crippen molar-refractivity contribution in [1.29, 1.82) is 0 Å². The molecule has 2 bridgehead atoms. The van der Waals surface area contributed by atoms with Gasteiger partial charge < -0.3 is 4.74 Å². The molecule has 5 rings (SSSR count). The van der Waals surface area contributed by atoms with Crippen LogP contribution in [0.4, 0.5) is 9.80 Å². The molecular formula is C18H21N3O2S. The molecule has 1 aromatic carbocycles. The lowest BCUT2D eigenvalue weighted by Gasteiger charge is -2.43. The first-order valence-electron chi connectivity index (χ1n) is 8.42. The van der Waals surface area contributed by atoms with E-state index in [-0.39, 0.29) is 12.2 Å². The number of hydrogen-bond donors (Lipinski definition) is 1. The molecule has 2 aromatic rings. The van der Waals surface area contributed by atoms with Crippen LogP contribution >= 0.6 is 11.3 Å². The van der Waals surface area contributed by atoms with Crippen molar-refractivity contribution in [2.24, 2.45) is 5.92 Å². The van der Waals surface area contributed by atoms with E-state index in [9.17, 15) is 4.79 Å². The van der Waals surface area contributed by atoms with Gasteiger partial charge in [-0.3, -0.25) is 10.2 Å². The Hall–Kier alpha value is -1.92. The fraction of sp³-hybridized carbons (Fsp3) is 0.444. The number of hydrogen-bond acceptors (Lipinski definition) is 5. The average Bonchev–Trinajstić information content (AvgIpc) is 2.97. The quantitative estimate of drug-likeness (QED) is 0.922. The lowest BCUT2D eigenvalue weighted by Crippen LogP contribution is -2.52. The second-order valence-corrected chi connectivity index (χ2v) is 7.69. The summed E-state index contributed by atoms with van der Waals surface area (Å²) < 4.78 is 5.72. The largest absolute Gasteiger partial charge is 0.444 e. The minimum atomic E-state index is -0.366. The van der Waals surface area contributed by atoms with E-state index in [0.717, 1.165) is 53.7 Å². The molecule has 3 fully saturated rings. The summed E-state index contributed by atoms with van der Waals surface area (Å²) in [6, 6.07) is 9.91. The van der Waals surface area contributed by atoms with E-state index in [1.807, 2.05) is 37.3 Å². The number of aromatic nitrogens is 1. The van der Waals surface area contributed by atoms with Crippen LogP contribution in [0, 0.1) is 12.8 Å². The van der Waals surface area contributed by atoms with Crippen molar-refractivity contribution in [3.8, 4) is 11.3 Å². The molecule has 1 N–H and O–H groups in total. The highest BCUT2D eigenvalue weighted by molar-refractivity contribution is 7.16. The lowest BCUT2D eigenvalue weighted by molar-refractivity contribution is -0.0289. The Morgan fingerprint density at radius 3 is 2.71 bits per heavy atom. The minimum absolute atomic E-state index is 0.0155. The van der Waals surface area contributed by atoms with Gasteiger partial charge in [0.25, 0.3) is 0 Å². The lowest BCUT2D eigenvalue weighted by atomic mass is 9.86. The number of amides is 1. The molecule has 1 amide bonds. The Kier molecular flexibility index (Phi) is 4.24. The van der Waals surface area contributed by atoms with E-state index in [4.69, 9.17) is 4.74 Å². The summed E-state index contributed by atoms with van der Waals surface area (Å²) in [5.41, 5.74) is 1.81. The maximum absolute atomic E-state index is 12.4. The van der Waals surface area contributed by atoms with Crippen molar-refractivity contribution in [3.63, 3.8) is 0 Å². The van der Waals surface area contributed by atoms with Crippen molar-refractivity contribution in [3.05, 3.63) is 35.3 Å². The molecule has 5 nitrogen and oxygen atoms in total. The SMILES string of the molecule is Cc1nc(-c2ccccc2)c(NC(=O)O[C@H]2CN3CCC2CC3)s1. The monoisotopic (exact) mass is 343 g/mol. The summed E-state index contributed by atoms with van der Waals surface area (Å²) in [7, 11) is 0. The number of aryl methyl sites for hydroxylation is 1. The predicted octanol–water partition coefficient (Wildman–Crippen LogP) is 3.76. The molecule has 0 aliphatic carbocycles. The number of rotatable bonds is 3. The van der Waals surface area contributed by atoms with Gasteiger partial charge in [-0.1, -0.05) is 30.3 Å². The molecule has 0 unspecified atom stereocenters. The summed E-state index contributed by atoms with van der Waals surface area (Å²) in [5, 5.41) is 4.59. The van der Waals surface area contributed by atoms with Gasteiger partial charge in [-0.05, 0) is 38.8 Å². The number of thiazole rings is 1. The number of nitrogens with zero attached hydrogens (tertiary/aromatic N) is 2. The fourth-order valence-corrected chi connectivity index (χ4v) is 4.43. The fourth-order valence-electron chi connectivity index (χ4n) is 3.61. The molecule has 0 saturated carbocycles. The zero-order valence-electron chi connectivity index (χ0n) is 13.7. The molecule has 0 spiro atoms. The summed E-state index contributed by atoms with van der Waals surface area (Å²) >= 11 is 1.48. The van der Waals surface area contributed by atoms with Crippen molar-refractivity contribution in [2.45, 2.75) is 25.9 Å². The van der Waals surface area contributed by atoms with Crippen molar-refractivity contribution >= 4 is 22.4 Å². The second kappa shape index (κ2) is 6.53. The number of carbonyl (C=O) groups excluding carboxylic acids is 1. The standard InChI is InChI=1S/C18H21N3O2S/c1-12-19-16(14-5-3-2-4-6-14)17(24-12)20-18(22)23-15-11-21-9-7-13(15)8-10-21/h2-6,13,15H,7-11H2,1H3,(H,20,22)/t15-/m0/s1. The van der Waals surface area contributed by atoms with Crippen LogP contribution in [0.1, 0.15) is 17.8 Å². The summed E-state index contributed by atoms with van der Waals surface area (Å²) in [5.74, 6) is 0.512. The topological polar surface area (TPSA) is 54.5 Å². The Balaban J connectivity index is 1.46. The Morgan fingerprint density at radius 2 is 2.04 bits per heavy atom. The molecule has 126 valence electrons. The normalized spacial score (nSPS) is 25.5. The van der Waals surface area contributed by atoms with Gasteiger partial charge in [-0.25, -0.2) is 9.78 Å². The molecule has 3 saturated heterocycles. The average molecular weight is 343 g/mol. The third kappa shape index (κ3) is 3.16. The van der Waals surface area contributed by atoms with Gasteiger partial charge in [-0.15, -0.1) is 11.3 Å². The number of anilines is 1. The molecular weight excluding hydrogens is 322 g/mol. The highest BCUT2D eigenvalue weighted by Crippen LogP contribution is 2.34. The number of fused-ring (bicyclic) bond motifs is 3. The minimum Gasteiger partial charge on any atom is -0.444 e. The molecule has 1 aromatic heterocycles. The molecule has 4 heterocycles. The number of piperidine rings is 3. The van der Waals surface area contributed by atoms with Gasteiger partial charge in [0, 0.05) is 12.1 Å². The third-order valence-corrected chi connectivity index (χ3v) is 5.74. The van der Waals surface area contributed by atoms with E-state index in [1.165, 1.54) is 11.3 Å². The van der Waals surface area contributed by atoms with Crippen LogP contribution in [0.5, 0.6) is 0 Å². The molecule has 6 heteroatoms. The Labute approximate surface area is 145 Å². The van der Waals surface area contributed by atoms with Crippen LogP contribution in [-0.2, 0) is 4.74 Å². The molecule has 3 aliphatic rings. The second-order valence-electron chi connectivity index (χ2n) is 6.48. The summed E-state index contributed by atoms with van der Waals surface area (Å²) in [6.45, 7) is 5.09. The number of benzene rings is 1. The van der Waals surface area contributed by atoms with Crippen LogP contribution in [0.25, 0.3) is 11.3 Å². The smallest absolute Gasteiger partial charge is 0.412 e. The maximum atomic E-state index is 12.4. The zero-order valence-corrected chi connectivity index (χ0v) is 14.5.